The van der Waals surface area contributed by atoms with Gasteiger partial charge in [-0.15, -0.1) is 0 Å². The average molecular weight is 202 g/mol. The lowest BCUT2D eigenvalue weighted by Crippen LogP contribution is -3.21. The summed E-state index contributed by atoms with van der Waals surface area (Å²) in [6, 6.07) is 0.929. The zero-order chi connectivity index (χ0) is 10.6. The second kappa shape index (κ2) is 5.69. The maximum atomic E-state index is 2.37. The lowest BCUT2D eigenvalue weighted by Gasteiger charge is -2.30. The first kappa shape index (κ1) is 12.0. The Hall–Kier alpha value is -0.120. The van der Waals surface area contributed by atoms with Crippen molar-refractivity contribution in [1.29, 1.82) is 0 Å². The van der Waals surface area contributed by atoms with Gasteiger partial charge in [0.15, 0.2) is 0 Å². The fraction of sp³-hybridized carbons (Fsp3) is 1.00. The van der Waals surface area contributed by atoms with Gasteiger partial charge in [0.05, 0.1) is 47.3 Å². The number of hydrogen-bond acceptors (Lipinski definition) is 0. The predicted octanol–water partition coefficient (Wildman–Crippen LogP) is -3.68. The molecule has 1 rings (SSSR count). The van der Waals surface area contributed by atoms with Gasteiger partial charge >= 0.3 is 0 Å². The van der Waals surface area contributed by atoms with Gasteiger partial charge in [0.25, 0.3) is 0 Å². The first-order chi connectivity index (χ1) is 6.59. The summed E-state index contributed by atoms with van der Waals surface area (Å²) < 4.78 is 0. The molecule has 0 spiro atoms. The van der Waals surface area contributed by atoms with E-state index >= 15 is 0 Å². The number of likely N-dealkylation sites (N-methyl/N-ethyl adjacent to an activating group) is 2. The van der Waals surface area contributed by atoms with Crippen molar-refractivity contribution in [3.63, 3.8) is 0 Å². The molecule has 0 aromatic carbocycles. The zero-order valence-corrected chi connectivity index (χ0v) is 10.3. The van der Waals surface area contributed by atoms with E-state index in [1.165, 1.54) is 39.0 Å². The van der Waals surface area contributed by atoms with E-state index in [9.17, 15) is 0 Å². The normalized spacial score (nSPS) is 30.6. The van der Waals surface area contributed by atoms with Gasteiger partial charge in [-0.25, -0.2) is 0 Å². The SMILES string of the molecule is C[NH+](C)CC[NH+](C)C1CC[NH+](C)CC1. The van der Waals surface area contributed by atoms with Crippen molar-refractivity contribution in [1.82, 2.24) is 0 Å². The van der Waals surface area contributed by atoms with Gasteiger partial charge in [0.1, 0.15) is 13.1 Å². The summed E-state index contributed by atoms with van der Waals surface area (Å²) in [7, 11) is 9.17. The molecule has 1 saturated heterocycles. The molecule has 0 aliphatic carbocycles. The highest BCUT2D eigenvalue weighted by molar-refractivity contribution is 4.58. The highest BCUT2D eigenvalue weighted by Gasteiger charge is 2.25. The molecule has 1 atom stereocenters. The quantitative estimate of drug-likeness (QED) is 0.416. The minimum Gasteiger partial charge on any atom is -0.337 e. The summed E-state index contributed by atoms with van der Waals surface area (Å²) >= 11 is 0. The molecule has 1 aliphatic heterocycles. The molecule has 3 nitrogen and oxygen atoms in total. The van der Waals surface area contributed by atoms with Gasteiger partial charge < -0.3 is 14.7 Å². The van der Waals surface area contributed by atoms with Crippen LogP contribution in [0.3, 0.4) is 0 Å². The minimum atomic E-state index is 0.929. The number of piperidine rings is 1. The predicted molar refractivity (Wildman–Crippen MR) is 59.1 cm³/mol. The van der Waals surface area contributed by atoms with Gasteiger partial charge in [0, 0.05) is 12.8 Å². The van der Waals surface area contributed by atoms with Crippen molar-refractivity contribution in [2.45, 2.75) is 18.9 Å². The molecule has 3 N–H and O–H groups in total. The monoisotopic (exact) mass is 202 g/mol. The number of rotatable bonds is 4. The summed E-state index contributed by atoms with van der Waals surface area (Å²) in [5, 5.41) is 0. The Kier molecular flexibility index (Phi) is 4.85. The van der Waals surface area contributed by atoms with Crippen molar-refractivity contribution in [3.8, 4) is 0 Å². The topological polar surface area (TPSA) is 13.3 Å². The molecule has 84 valence electrons. The number of quaternary nitrogens is 3. The molecule has 3 heteroatoms. The number of hydrogen-bond donors (Lipinski definition) is 3. The van der Waals surface area contributed by atoms with Crippen LogP contribution >= 0.6 is 0 Å². The largest absolute Gasteiger partial charge is 0.337 e. The molecule has 0 aromatic rings. The summed E-state index contributed by atoms with van der Waals surface area (Å²) in [6.07, 6.45) is 2.83. The van der Waals surface area contributed by atoms with E-state index in [1.807, 2.05) is 0 Å². The molecule has 0 bridgehead atoms. The third-order valence-corrected chi connectivity index (χ3v) is 3.56. The summed E-state index contributed by atoms with van der Waals surface area (Å²) in [6.45, 7) is 5.37. The van der Waals surface area contributed by atoms with Crippen molar-refractivity contribution >= 4 is 0 Å². The Bertz CT molecular complexity index is 151. The molecular weight excluding hydrogens is 174 g/mol. The van der Waals surface area contributed by atoms with E-state index in [2.05, 4.69) is 28.2 Å². The molecule has 0 radical (unpaired) electrons. The summed E-state index contributed by atoms with van der Waals surface area (Å²) in [5.74, 6) is 0. The number of nitrogens with one attached hydrogen (secondary N) is 3. The molecule has 1 fully saturated rings. The standard InChI is InChI=1S/C11H25N3/c1-12(2)9-10-14(4)11-5-7-13(3)8-6-11/h11H,5-10H2,1-4H3/p+3. The van der Waals surface area contributed by atoms with E-state index < -0.39 is 0 Å². The molecule has 0 aromatic heterocycles. The Labute approximate surface area is 88.7 Å². The third kappa shape index (κ3) is 3.95. The van der Waals surface area contributed by atoms with Crippen LogP contribution in [0.2, 0.25) is 0 Å². The van der Waals surface area contributed by atoms with Crippen LogP contribution in [0.15, 0.2) is 0 Å². The van der Waals surface area contributed by atoms with Crippen LogP contribution in [0, 0.1) is 0 Å². The number of likely N-dealkylation sites (tertiary alicyclic amines) is 1. The molecule has 0 amide bonds. The van der Waals surface area contributed by atoms with Crippen molar-refractivity contribution in [3.05, 3.63) is 0 Å². The van der Waals surface area contributed by atoms with Crippen LogP contribution in [0.5, 0.6) is 0 Å². The summed E-state index contributed by atoms with van der Waals surface area (Å²) in [4.78, 5) is 5.04. The zero-order valence-electron chi connectivity index (χ0n) is 10.3. The van der Waals surface area contributed by atoms with Crippen LogP contribution in [0.1, 0.15) is 12.8 Å². The molecule has 1 aliphatic rings. The molecule has 1 unspecified atom stereocenters. The minimum absolute atomic E-state index is 0.929. The lowest BCUT2D eigenvalue weighted by molar-refractivity contribution is -0.961. The average Bonchev–Trinajstić information content (AvgIpc) is 2.15. The van der Waals surface area contributed by atoms with E-state index in [-0.39, 0.29) is 0 Å². The highest BCUT2D eigenvalue weighted by Crippen LogP contribution is 1.93. The van der Waals surface area contributed by atoms with E-state index in [0.29, 0.717) is 0 Å². The van der Waals surface area contributed by atoms with E-state index in [0.717, 1.165) is 6.04 Å². The Morgan fingerprint density at radius 1 is 1.07 bits per heavy atom. The van der Waals surface area contributed by atoms with Gasteiger partial charge in [0.2, 0.25) is 0 Å². The van der Waals surface area contributed by atoms with Crippen molar-refractivity contribution in [2.75, 3.05) is 54.4 Å². The highest BCUT2D eigenvalue weighted by atomic mass is 15.2. The molecular formula is C11H28N3+3. The molecule has 0 saturated carbocycles. The van der Waals surface area contributed by atoms with Gasteiger partial charge in [-0.2, -0.15) is 0 Å². The van der Waals surface area contributed by atoms with E-state index in [1.54, 1.807) is 14.7 Å². The fourth-order valence-corrected chi connectivity index (χ4v) is 2.25. The Balaban J connectivity index is 2.20. The van der Waals surface area contributed by atoms with Crippen LogP contribution in [-0.4, -0.2) is 60.4 Å². The van der Waals surface area contributed by atoms with Gasteiger partial charge in [-0.3, -0.25) is 0 Å². The van der Waals surface area contributed by atoms with Crippen LogP contribution in [0.4, 0.5) is 0 Å². The third-order valence-electron chi connectivity index (χ3n) is 3.56. The first-order valence-corrected chi connectivity index (χ1v) is 6.02. The second-order valence-electron chi connectivity index (χ2n) is 5.28. The first-order valence-electron chi connectivity index (χ1n) is 6.02. The van der Waals surface area contributed by atoms with E-state index in [4.69, 9.17) is 0 Å². The smallest absolute Gasteiger partial charge is 0.127 e. The van der Waals surface area contributed by atoms with Crippen LogP contribution in [-0.2, 0) is 0 Å². The lowest BCUT2D eigenvalue weighted by atomic mass is 10.0. The second-order valence-corrected chi connectivity index (χ2v) is 5.28. The molecule has 1 heterocycles. The summed E-state index contributed by atoms with van der Waals surface area (Å²) in [5.41, 5.74) is 0. The van der Waals surface area contributed by atoms with Gasteiger partial charge in [-0.1, -0.05) is 0 Å². The Morgan fingerprint density at radius 3 is 2.14 bits per heavy atom. The maximum Gasteiger partial charge on any atom is 0.127 e. The maximum absolute atomic E-state index is 2.37. The Morgan fingerprint density at radius 2 is 1.64 bits per heavy atom. The van der Waals surface area contributed by atoms with Crippen LogP contribution in [0.25, 0.3) is 0 Å². The fourth-order valence-electron chi connectivity index (χ4n) is 2.25. The molecule has 14 heavy (non-hydrogen) atoms. The van der Waals surface area contributed by atoms with Crippen molar-refractivity contribution < 1.29 is 14.7 Å². The van der Waals surface area contributed by atoms with Crippen molar-refractivity contribution in [2.24, 2.45) is 0 Å². The van der Waals surface area contributed by atoms with Crippen LogP contribution < -0.4 is 14.7 Å². The van der Waals surface area contributed by atoms with Gasteiger partial charge in [-0.05, 0) is 0 Å².